The smallest absolute Gasteiger partial charge is 0.168 e. The van der Waals surface area contributed by atoms with Crippen molar-refractivity contribution in [1.82, 2.24) is 0 Å². The van der Waals surface area contributed by atoms with Gasteiger partial charge < -0.3 is 0 Å². The van der Waals surface area contributed by atoms with Gasteiger partial charge >= 0.3 is 0 Å². The molecule has 2 nitrogen and oxygen atoms in total. The van der Waals surface area contributed by atoms with Crippen LogP contribution in [0, 0.1) is 33.5 Å². The Hall–Kier alpha value is -2.06. The van der Waals surface area contributed by atoms with Gasteiger partial charge in [-0.2, -0.15) is 10.5 Å². The predicted octanol–water partition coefficient (Wildman–Crippen LogP) is 4.70. The summed E-state index contributed by atoms with van der Waals surface area (Å²) >= 11 is 0. The molecule has 0 radical (unpaired) electrons. The second kappa shape index (κ2) is 7.39. The SMILES string of the molecule is C=CC/C=C(\C(C)(C)CC=C)C(C#N)(C#N)CC=C. The summed E-state index contributed by atoms with van der Waals surface area (Å²) in [6.45, 7) is 15.2. The molecule has 0 unspecified atom stereocenters. The first-order chi connectivity index (χ1) is 8.94. The van der Waals surface area contributed by atoms with Crippen LogP contribution in [-0.2, 0) is 0 Å². The number of hydrogen-bond acceptors (Lipinski definition) is 2. The molecule has 0 rings (SSSR count). The zero-order valence-electron chi connectivity index (χ0n) is 11.9. The summed E-state index contributed by atoms with van der Waals surface area (Å²) in [5, 5.41) is 19.0. The van der Waals surface area contributed by atoms with Crippen LogP contribution < -0.4 is 0 Å². The lowest BCUT2D eigenvalue weighted by molar-refractivity contribution is 0.380. The first-order valence-corrected chi connectivity index (χ1v) is 6.30. The molecule has 0 saturated carbocycles. The van der Waals surface area contributed by atoms with Gasteiger partial charge in [0, 0.05) is 6.42 Å². The van der Waals surface area contributed by atoms with Gasteiger partial charge in [-0.05, 0) is 23.8 Å². The van der Waals surface area contributed by atoms with Crippen LogP contribution in [0.2, 0.25) is 0 Å². The summed E-state index contributed by atoms with van der Waals surface area (Å²) in [7, 11) is 0. The Morgan fingerprint density at radius 2 is 1.53 bits per heavy atom. The molecule has 0 amide bonds. The van der Waals surface area contributed by atoms with Crippen molar-refractivity contribution < 1.29 is 0 Å². The minimum absolute atomic E-state index is 0.292. The predicted molar refractivity (Wildman–Crippen MR) is 80.0 cm³/mol. The molecule has 0 aromatic heterocycles. The molecule has 0 atom stereocenters. The fraction of sp³-hybridized carbons (Fsp3) is 0.412. The molecule has 0 spiro atoms. The molecule has 2 heteroatoms. The lowest BCUT2D eigenvalue weighted by Crippen LogP contribution is -2.29. The Balaban J connectivity index is 5.92. The van der Waals surface area contributed by atoms with E-state index in [4.69, 9.17) is 0 Å². The van der Waals surface area contributed by atoms with E-state index in [-0.39, 0.29) is 5.41 Å². The fourth-order valence-corrected chi connectivity index (χ4v) is 2.26. The molecule has 0 saturated heterocycles. The monoisotopic (exact) mass is 254 g/mol. The van der Waals surface area contributed by atoms with Crippen LogP contribution in [-0.4, -0.2) is 0 Å². The molecule has 0 N–H and O–H groups in total. The van der Waals surface area contributed by atoms with Crippen molar-refractivity contribution in [3.63, 3.8) is 0 Å². The molecule has 100 valence electrons. The zero-order chi connectivity index (χ0) is 14.9. The van der Waals surface area contributed by atoms with Crippen LogP contribution in [0.3, 0.4) is 0 Å². The van der Waals surface area contributed by atoms with E-state index >= 15 is 0 Å². The molecule has 0 aromatic carbocycles. The van der Waals surface area contributed by atoms with Crippen LogP contribution in [0.4, 0.5) is 0 Å². The van der Waals surface area contributed by atoms with Crippen LogP contribution in [0.25, 0.3) is 0 Å². The highest BCUT2D eigenvalue weighted by Crippen LogP contribution is 2.44. The normalized spacial score (nSPS) is 12.1. The van der Waals surface area contributed by atoms with Gasteiger partial charge in [0.25, 0.3) is 0 Å². The molecular formula is C17H22N2. The van der Waals surface area contributed by atoms with Crippen LogP contribution in [0.15, 0.2) is 49.6 Å². The van der Waals surface area contributed by atoms with Crippen LogP contribution in [0.1, 0.15) is 33.1 Å². The van der Waals surface area contributed by atoms with Crippen molar-refractivity contribution in [3.8, 4) is 12.1 Å². The number of rotatable bonds is 8. The first kappa shape index (κ1) is 16.9. The van der Waals surface area contributed by atoms with Gasteiger partial charge in [-0.1, -0.05) is 38.2 Å². The highest BCUT2D eigenvalue weighted by atomic mass is 14.5. The van der Waals surface area contributed by atoms with Gasteiger partial charge in [-0.15, -0.1) is 19.7 Å². The van der Waals surface area contributed by atoms with Gasteiger partial charge in [-0.25, -0.2) is 0 Å². The van der Waals surface area contributed by atoms with Crippen molar-refractivity contribution in [2.45, 2.75) is 33.1 Å². The Bertz CT molecular complexity index is 439. The molecule has 0 aliphatic rings. The average molecular weight is 254 g/mol. The van der Waals surface area contributed by atoms with Gasteiger partial charge in [0.1, 0.15) is 0 Å². The molecule has 0 fully saturated rings. The Morgan fingerprint density at radius 1 is 1.00 bits per heavy atom. The third-order valence-corrected chi connectivity index (χ3v) is 3.16. The molecular weight excluding hydrogens is 232 g/mol. The van der Waals surface area contributed by atoms with Crippen molar-refractivity contribution in [2.24, 2.45) is 10.8 Å². The molecule has 0 aliphatic heterocycles. The minimum Gasteiger partial charge on any atom is -0.196 e. The zero-order valence-corrected chi connectivity index (χ0v) is 11.9. The van der Waals surface area contributed by atoms with E-state index in [1.54, 1.807) is 12.2 Å². The second-order valence-corrected chi connectivity index (χ2v) is 5.14. The summed E-state index contributed by atoms with van der Waals surface area (Å²) in [6.07, 6.45) is 8.80. The summed E-state index contributed by atoms with van der Waals surface area (Å²) in [5.74, 6) is 0. The number of nitrogens with zero attached hydrogens (tertiary/aromatic N) is 2. The average Bonchev–Trinajstić information content (AvgIpc) is 2.37. The minimum atomic E-state index is -1.16. The Kier molecular flexibility index (Phi) is 6.59. The fourth-order valence-electron chi connectivity index (χ4n) is 2.26. The van der Waals surface area contributed by atoms with E-state index in [9.17, 15) is 10.5 Å². The summed E-state index contributed by atoms with van der Waals surface area (Å²) in [6, 6.07) is 4.34. The van der Waals surface area contributed by atoms with E-state index in [1.165, 1.54) is 0 Å². The van der Waals surface area contributed by atoms with Crippen molar-refractivity contribution in [1.29, 1.82) is 10.5 Å². The summed E-state index contributed by atoms with van der Waals surface area (Å²) in [5.41, 5.74) is -0.624. The third kappa shape index (κ3) is 3.97. The summed E-state index contributed by atoms with van der Waals surface area (Å²) < 4.78 is 0. The van der Waals surface area contributed by atoms with E-state index in [0.717, 1.165) is 5.57 Å². The molecule has 19 heavy (non-hydrogen) atoms. The van der Waals surface area contributed by atoms with Gasteiger partial charge in [0.05, 0.1) is 12.1 Å². The van der Waals surface area contributed by atoms with Crippen LogP contribution in [0.5, 0.6) is 0 Å². The maximum Gasteiger partial charge on any atom is 0.168 e. The lowest BCUT2D eigenvalue weighted by Gasteiger charge is -2.34. The van der Waals surface area contributed by atoms with Gasteiger partial charge in [0.2, 0.25) is 0 Å². The quantitative estimate of drug-likeness (QED) is 0.589. The number of nitriles is 2. The van der Waals surface area contributed by atoms with Crippen molar-refractivity contribution in [3.05, 3.63) is 49.6 Å². The molecule has 0 heterocycles. The standard InChI is InChI=1S/C17H22N2/c1-6-9-10-15(16(4,5)11-7-2)17(13-18,14-19)12-8-3/h6-8,10H,1-3,9,11-12H2,4-5H3/b15-10+. The lowest BCUT2D eigenvalue weighted by atomic mass is 9.66. The summed E-state index contributed by atoms with van der Waals surface area (Å²) in [4.78, 5) is 0. The van der Waals surface area contributed by atoms with E-state index in [2.05, 4.69) is 31.9 Å². The number of allylic oxidation sites excluding steroid dienone is 5. The maximum atomic E-state index is 9.50. The Labute approximate surface area is 117 Å². The van der Waals surface area contributed by atoms with E-state index < -0.39 is 5.41 Å². The molecule has 0 bridgehead atoms. The highest BCUT2D eigenvalue weighted by Gasteiger charge is 2.40. The molecule has 0 aromatic rings. The number of hydrogen-bond donors (Lipinski definition) is 0. The third-order valence-electron chi connectivity index (χ3n) is 3.16. The highest BCUT2D eigenvalue weighted by molar-refractivity contribution is 5.38. The van der Waals surface area contributed by atoms with Crippen LogP contribution >= 0.6 is 0 Å². The largest absolute Gasteiger partial charge is 0.196 e. The van der Waals surface area contributed by atoms with Crippen molar-refractivity contribution >= 4 is 0 Å². The molecule has 0 aliphatic carbocycles. The maximum absolute atomic E-state index is 9.50. The second-order valence-electron chi connectivity index (χ2n) is 5.14. The van der Waals surface area contributed by atoms with Crippen molar-refractivity contribution in [2.75, 3.05) is 0 Å². The van der Waals surface area contributed by atoms with Gasteiger partial charge in [0.15, 0.2) is 5.41 Å². The van der Waals surface area contributed by atoms with E-state index in [0.29, 0.717) is 19.3 Å². The topological polar surface area (TPSA) is 47.6 Å². The van der Waals surface area contributed by atoms with E-state index in [1.807, 2.05) is 26.0 Å². The first-order valence-electron chi connectivity index (χ1n) is 6.30. The van der Waals surface area contributed by atoms with Gasteiger partial charge in [-0.3, -0.25) is 0 Å². The Morgan fingerprint density at radius 3 is 1.89 bits per heavy atom.